The van der Waals surface area contributed by atoms with Gasteiger partial charge in [-0.1, -0.05) is 24.3 Å². The molecule has 2 aromatic carbocycles. The number of halogens is 2. The summed E-state index contributed by atoms with van der Waals surface area (Å²) in [6.45, 7) is -2.95. The van der Waals surface area contributed by atoms with Gasteiger partial charge in [-0.25, -0.2) is 0 Å². The van der Waals surface area contributed by atoms with Crippen LogP contribution in [0.15, 0.2) is 54.6 Å². The lowest BCUT2D eigenvalue weighted by atomic mass is 10.1. The molecule has 3 rings (SSSR count). The molecular weight excluding hydrogens is 354 g/mol. The molecule has 0 radical (unpaired) electrons. The van der Waals surface area contributed by atoms with Gasteiger partial charge in [0.15, 0.2) is 0 Å². The Morgan fingerprint density at radius 1 is 1.11 bits per heavy atom. The minimum absolute atomic E-state index is 0.0182. The summed E-state index contributed by atoms with van der Waals surface area (Å²) in [5.41, 5.74) is 1.27. The molecule has 2 aromatic rings. The van der Waals surface area contributed by atoms with Gasteiger partial charge in [0.2, 0.25) is 5.91 Å². The van der Waals surface area contributed by atoms with E-state index < -0.39 is 12.5 Å². The third-order valence-corrected chi connectivity index (χ3v) is 3.85. The predicted octanol–water partition coefficient (Wildman–Crippen LogP) is 3.83. The molecule has 1 saturated carbocycles. The second-order valence-electron chi connectivity index (χ2n) is 6.07. The number of alkyl halides is 2. The van der Waals surface area contributed by atoms with Crippen molar-refractivity contribution in [2.24, 2.45) is 0 Å². The fourth-order valence-electron chi connectivity index (χ4n) is 2.41. The Kier molecular flexibility index (Phi) is 5.80. The van der Waals surface area contributed by atoms with E-state index in [1.54, 1.807) is 42.5 Å². The van der Waals surface area contributed by atoms with Crippen LogP contribution in [0.3, 0.4) is 0 Å². The largest absolute Gasteiger partial charge is 0.434 e. The first kappa shape index (κ1) is 18.6. The van der Waals surface area contributed by atoms with Crippen molar-refractivity contribution >= 4 is 23.6 Å². The standard InChI is InChI=1S/C20H18F2N2O3/c21-20(22)27-17-7-2-1-4-13(17)8-11-18(25)23-16-6-3-5-14(12-16)19(26)24-15-9-10-15/h1-8,11-12,15,20H,9-10H2,(H,23,25)(H,24,26). The maximum Gasteiger partial charge on any atom is 0.387 e. The van der Waals surface area contributed by atoms with Gasteiger partial charge in [-0.2, -0.15) is 8.78 Å². The Bertz CT molecular complexity index is 864. The lowest BCUT2D eigenvalue weighted by molar-refractivity contribution is -0.111. The molecule has 0 saturated heterocycles. The first-order valence-electron chi connectivity index (χ1n) is 8.45. The zero-order valence-electron chi connectivity index (χ0n) is 14.3. The van der Waals surface area contributed by atoms with Gasteiger partial charge in [0.1, 0.15) is 5.75 Å². The SMILES string of the molecule is O=C(C=Cc1ccccc1OC(F)F)Nc1cccc(C(=O)NC2CC2)c1. The Hall–Kier alpha value is -3.22. The zero-order chi connectivity index (χ0) is 19.2. The second kappa shape index (κ2) is 8.44. The number of nitrogens with one attached hydrogen (secondary N) is 2. The monoisotopic (exact) mass is 372 g/mol. The molecule has 0 unspecified atom stereocenters. The van der Waals surface area contributed by atoms with E-state index in [4.69, 9.17) is 0 Å². The van der Waals surface area contributed by atoms with E-state index in [-0.39, 0.29) is 17.7 Å². The van der Waals surface area contributed by atoms with Crippen molar-refractivity contribution in [1.29, 1.82) is 0 Å². The maximum atomic E-state index is 12.4. The number of ether oxygens (including phenoxy) is 1. The first-order valence-corrected chi connectivity index (χ1v) is 8.45. The summed E-state index contributed by atoms with van der Waals surface area (Å²) in [6, 6.07) is 13.0. The van der Waals surface area contributed by atoms with Gasteiger partial charge in [-0.3, -0.25) is 9.59 Å². The minimum Gasteiger partial charge on any atom is -0.434 e. The van der Waals surface area contributed by atoms with Crippen molar-refractivity contribution in [1.82, 2.24) is 5.32 Å². The summed E-state index contributed by atoms with van der Waals surface area (Å²) >= 11 is 0. The Morgan fingerprint density at radius 2 is 1.89 bits per heavy atom. The van der Waals surface area contributed by atoms with Crippen LogP contribution in [0.2, 0.25) is 0 Å². The van der Waals surface area contributed by atoms with Crippen LogP contribution in [0, 0.1) is 0 Å². The molecule has 27 heavy (non-hydrogen) atoms. The molecule has 0 heterocycles. The number of benzene rings is 2. The molecule has 0 spiro atoms. The van der Waals surface area contributed by atoms with E-state index in [9.17, 15) is 18.4 Å². The summed E-state index contributed by atoms with van der Waals surface area (Å²) in [5, 5.41) is 5.52. The summed E-state index contributed by atoms with van der Waals surface area (Å²) in [7, 11) is 0. The van der Waals surface area contributed by atoms with Crippen LogP contribution in [0.5, 0.6) is 5.75 Å². The molecular formula is C20H18F2N2O3. The molecule has 1 aliphatic rings. The van der Waals surface area contributed by atoms with Gasteiger partial charge in [0, 0.05) is 28.9 Å². The number of rotatable bonds is 7. The minimum atomic E-state index is -2.95. The maximum absolute atomic E-state index is 12.4. The second-order valence-corrected chi connectivity index (χ2v) is 6.07. The summed E-state index contributed by atoms with van der Waals surface area (Å²) in [5.74, 6) is -0.654. The molecule has 0 atom stereocenters. The van der Waals surface area contributed by atoms with Crippen molar-refractivity contribution in [3.05, 3.63) is 65.7 Å². The molecule has 1 fully saturated rings. The molecule has 2 N–H and O–H groups in total. The molecule has 1 aliphatic carbocycles. The molecule has 0 bridgehead atoms. The van der Waals surface area contributed by atoms with Crippen LogP contribution in [0.1, 0.15) is 28.8 Å². The normalized spacial score (nSPS) is 13.6. The summed E-state index contributed by atoms with van der Waals surface area (Å²) in [6.07, 6.45) is 4.58. The first-order chi connectivity index (χ1) is 13.0. The van der Waals surface area contributed by atoms with Crippen molar-refractivity contribution in [3.63, 3.8) is 0 Å². The Labute approximate surface area is 155 Å². The number of amides is 2. The lowest BCUT2D eigenvalue weighted by Gasteiger charge is -2.08. The van der Waals surface area contributed by atoms with E-state index in [1.165, 1.54) is 18.2 Å². The van der Waals surface area contributed by atoms with Gasteiger partial charge in [-0.15, -0.1) is 0 Å². The van der Waals surface area contributed by atoms with Gasteiger partial charge in [-0.05, 0) is 43.2 Å². The van der Waals surface area contributed by atoms with E-state index in [0.717, 1.165) is 12.8 Å². The number of hydrogen-bond donors (Lipinski definition) is 2. The molecule has 5 nitrogen and oxygen atoms in total. The van der Waals surface area contributed by atoms with E-state index in [2.05, 4.69) is 15.4 Å². The van der Waals surface area contributed by atoms with E-state index in [1.807, 2.05) is 0 Å². The van der Waals surface area contributed by atoms with Gasteiger partial charge >= 0.3 is 6.61 Å². The number of hydrogen-bond acceptors (Lipinski definition) is 3. The Balaban J connectivity index is 1.64. The number of carbonyl (C=O) groups excluding carboxylic acids is 2. The molecule has 0 aliphatic heterocycles. The van der Waals surface area contributed by atoms with E-state index in [0.29, 0.717) is 16.8 Å². The molecule has 0 aromatic heterocycles. The predicted molar refractivity (Wildman–Crippen MR) is 97.7 cm³/mol. The number of carbonyl (C=O) groups is 2. The van der Waals surface area contributed by atoms with Crippen molar-refractivity contribution < 1.29 is 23.1 Å². The van der Waals surface area contributed by atoms with Gasteiger partial charge in [0.05, 0.1) is 0 Å². The average molecular weight is 372 g/mol. The molecule has 140 valence electrons. The van der Waals surface area contributed by atoms with Crippen molar-refractivity contribution in [2.75, 3.05) is 5.32 Å². The van der Waals surface area contributed by atoms with E-state index >= 15 is 0 Å². The average Bonchev–Trinajstić information content (AvgIpc) is 3.45. The van der Waals surface area contributed by atoms with Gasteiger partial charge in [0.25, 0.3) is 5.91 Å². The highest BCUT2D eigenvalue weighted by atomic mass is 19.3. The lowest BCUT2D eigenvalue weighted by Crippen LogP contribution is -2.25. The van der Waals surface area contributed by atoms with Crippen LogP contribution in [-0.4, -0.2) is 24.5 Å². The Morgan fingerprint density at radius 3 is 2.63 bits per heavy atom. The number of para-hydroxylation sites is 1. The quantitative estimate of drug-likeness (QED) is 0.726. The fraction of sp³-hybridized carbons (Fsp3) is 0.200. The fourth-order valence-corrected chi connectivity index (χ4v) is 2.41. The number of anilines is 1. The van der Waals surface area contributed by atoms with Gasteiger partial charge < -0.3 is 15.4 Å². The smallest absolute Gasteiger partial charge is 0.387 e. The van der Waals surface area contributed by atoms with Crippen LogP contribution in [-0.2, 0) is 4.79 Å². The third-order valence-electron chi connectivity index (χ3n) is 3.85. The molecule has 7 heteroatoms. The van der Waals surface area contributed by atoms with Crippen molar-refractivity contribution in [2.45, 2.75) is 25.5 Å². The highest BCUT2D eigenvalue weighted by Gasteiger charge is 2.23. The molecule has 2 amide bonds. The zero-order valence-corrected chi connectivity index (χ0v) is 14.3. The highest BCUT2D eigenvalue weighted by Crippen LogP contribution is 2.22. The summed E-state index contributed by atoms with van der Waals surface area (Å²) in [4.78, 5) is 24.2. The topological polar surface area (TPSA) is 67.4 Å². The summed E-state index contributed by atoms with van der Waals surface area (Å²) < 4.78 is 29.2. The highest BCUT2D eigenvalue weighted by molar-refractivity contribution is 6.03. The van der Waals surface area contributed by atoms with Crippen LogP contribution >= 0.6 is 0 Å². The van der Waals surface area contributed by atoms with Crippen molar-refractivity contribution in [3.8, 4) is 5.75 Å². The third kappa shape index (κ3) is 5.64. The van der Waals surface area contributed by atoms with Crippen LogP contribution < -0.4 is 15.4 Å². The van der Waals surface area contributed by atoms with Crippen LogP contribution in [0.4, 0.5) is 14.5 Å². The van der Waals surface area contributed by atoms with Crippen LogP contribution in [0.25, 0.3) is 6.08 Å².